The molecule has 2 heterocycles. The van der Waals surface area contributed by atoms with E-state index in [-0.39, 0.29) is 0 Å². The zero-order chi connectivity index (χ0) is 86.6. The lowest BCUT2D eigenvalue weighted by Crippen LogP contribution is -2.27. The van der Waals surface area contributed by atoms with Gasteiger partial charge in [0.05, 0.1) is 51.9 Å². The molecule has 0 fully saturated rings. The van der Waals surface area contributed by atoms with Crippen molar-refractivity contribution in [3.8, 4) is 45.1 Å². The fraction of sp³-hybridized carbons (Fsp3) is 0.00855. The Bertz CT molecular complexity index is 7040. The lowest BCUT2D eigenvalue weighted by atomic mass is 10.0. The third-order valence-electron chi connectivity index (χ3n) is 23.5. The zero-order valence-corrected chi connectivity index (χ0v) is 73.2. The lowest BCUT2D eigenvalue weighted by Gasteiger charge is -2.27. The van der Waals surface area contributed by atoms with Crippen molar-refractivity contribution in [3.05, 3.63) is 510 Å². The van der Waals surface area contributed by atoms with Gasteiger partial charge in [-0.3, -0.25) is 0 Å². The number of hydrogen-bond donors (Lipinski definition) is 0. The van der Waals surface area contributed by atoms with Crippen molar-refractivity contribution in [1.29, 1.82) is 0 Å². The average molecular weight is 1700 g/mol. The predicted molar refractivity (Wildman–Crippen MR) is 549 cm³/mol. The van der Waals surface area contributed by atoms with Crippen molar-refractivity contribution in [2.45, 2.75) is 0 Å². The summed E-state index contributed by atoms with van der Waals surface area (Å²) in [5.74, 6) is 0.923. The first-order valence-electron chi connectivity index (χ1n) is 43.0. The normalized spacial score (nSPS) is 11.3. The summed E-state index contributed by atoms with van der Waals surface area (Å²) in [7, 11) is 0.533. The quantitative estimate of drug-likeness (QED) is 0.0633. The van der Waals surface area contributed by atoms with Crippen LogP contribution in [0.5, 0.6) is 11.5 Å². The highest BCUT2D eigenvalue weighted by atomic mass is 31.2. The number of fused-ring (bicyclic) bond motifs is 8. The molecule has 2 radical (unpaired) electrons. The number of aromatic nitrogens is 2. The molecule has 22 rings (SSSR count). The van der Waals surface area contributed by atoms with Gasteiger partial charge in [0.25, 0.3) is 0 Å². The van der Waals surface area contributed by atoms with Crippen LogP contribution in [-0.2, 0) is 9.13 Å². The molecule has 0 bridgehead atoms. The molecular weight excluding hydrogens is 1610 g/mol. The van der Waals surface area contributed by atoms with Gasteiger partial charge in [0.1, 0.15) is 11.5 Å². The van der Waals surface area contributed by atoms with Crippen molar-refractivity contribution < 1.29 is 13.9 Å². The van der Waals surface area contributed by atoms with Gasteiger partial charge >= 0.3 is 0 Å². The highest BCUT2D eigenvalue weighted by molar-refractivity contribution is 7.86. The van der Waals surface area contributed by atoms with Gasteiger partial charge in [0.15, 0.2) is 14.3 Å². The van der Waals surface area contributed by atoms with E-state index < -0.39 is 14.3 Å². The van der Waals surface area contributed by atoms with Crippen molar-refractivity contribution in [2.24, 2.45) is 0 Å². The molecule has 2 aromatic heterocycles. The summed E-state index contributed by atoms with van der Waals surface area (Å²) >= 11 is 0. The third-order valence-corrected chi connectivity index (χ3v) is 29.7. The molecule has 0 aliphatic heterocycles. The van der Waals surface area contributed by atoms with Gasteiger partial charge in [0.2, 0.25) is 0 Å². The second-order valence-electron chi connectivity index (χ2n) is 31.1. The minimum absolute atomic E-state index is 0.462. The SMILES string of the molecule is O=P(c1ccccc1)(c1ccccc1)c1ccccc1Oc1ccccc1P(=O)(c1ccccc1)c1ccccc1.[B]CP.c1ccc(N(c2ccc(-c3ccc(N(c4ccccc4)c4cccc5ccccc45)cc3)cc2)c2cccc3ccccc23)cc1.c1ccc2c(c1)c1ccccc1n2-c1ccc(-c2ccc(-n3c4ccccc4c4ccccc43)cc2)cc1. The summed E-state index contributed by atoms with van der Waals surface area (Å²) < 4.78 is 41.8. The van der Waals surface area contributed by atoms with E-state index in [0.717, 1.165) is 55.3 Å². The van der Waals surface area contributed by atoms with Crippen molar-refractivity contribution in [3.63, 3.8) is 0 Å². The maximum Gasteiger partial charge on any atom is 0.174 e. The van der Waals surface area contributed by atoms with E-state index in [1.807, 2.05) is 170 Å². The van der Waals surface area contributed by atoms with E-state index >= 15 is 9.13 Å². The summed E-state index contributed by atoms with van der Waals surface area (Å²) in [6.07, 6.45) is 0. The van der Waals surface area contributed by atoms with Crippen LogP contribution in [0.15, 0.2) is 510 Å². The Hall–Kier alpha value is -15.1. The predicted octanol–water partition coefficient (Wildman–Crippen LogP) is 28.9. The molecule has 0 aliphatic rings. The summed E-state index contributed by atoms with van der Waals surface area (Å²) in [5, 5.41) is 14.1. The molecule has 0 spiro atoms. The standard InChI is InChI=1S/C44H32N2.C36H24N2.C36H28O3P2.CH4BP/c1-3-17-37(18-4-1)45(43-23-11-15-35-13-7-9-21-41(35)43)39-29-25-33(26-30-39)34-27-31-40(32-28-34)46(38-19-5-2-6-20-38)44-24-12-16-36-14-8-10-22-42(36)44;1-5-13-33-29(9-1)30-10-2-6-14-34(30)37(33)27-21-17-25(18-22-27)26-19-23-28(24-20-26)38-35-15-7-3-11-31(35)32-12-4-8-16-36(32)38;37-40(29-17-5-1-6-18-29,30-19-7-2-8-20-30)35-27-15-13-25-33(35)39-34-26-14-16-28-36(34)41(38,31-21-9-3-10-22-31)32-23-11-4-12-24-32;2-1-3/h1-32H;1-24H;1-28H;1,3H2. The first-order chi connectivity index (χ1) is 63.2. The number of ether oxygens (including phenoxy) is 1. The van der Waals surface area contributed by atoms with Crippen molar-refractivity contribution in [1.82, 2.24) is 9.13 Å². The maximum atomic E-state index is 15.2. The fourth-order valence-corrected chi connectivity index (χ4v) is 23.1. The van der Waals surface area contributed by atoms with E-state index in [4.69, 9.17) is 12.6 Å². The lowest BCUT2D eigenvalue weighted by molar-refractivity contribution is 0.489. The molecule has 7 nitrogen and oxygen atoms in total. The van der Waals surface area contributed by atoms with Crippen LogP contribution >= 0.6 is 23.5 Å². The third kappa shape index (κ3) is 16.5. The van der Waals surface area contributed by atoms with Gasteiger partial charge in [0, 0.05) is 87.7 Å². The number of para-hydroxylation sites is 8. The van der Waals surface area contributed by atoms with Crippen molar-refractivity contribution >= 4 is 162 Å². The smallest absolute Gasteiger partial charge is 0.174 e. The Morgan fingerprint density at radius 1 is 0.234 bits per heavy atom. The molecule has 1 atom stereocenters. The van der Waals surface area contributed by atoms with Crippen LogP contribution in [0, 0.1) is 0 Å². The molecule has 0 N–H and O–H groups in total. The number of rotatable bonds is 18. The van der Waals surface area contributed by atoms with Crippen LogP contribution in [0.1, 0.15) is 0 Å². The molecule has 0 amide bonds. The first-order valence-corrected chi connectivity index (χ1v) is 47.2. The number of hydrogen-bond acceptors (Lipinski definition) is 5. The summed E-state index contributed by atoms with van der Waals surface area (Å²) in [6.45, 7) is 0. The molecule has 11 heteroatoms. The van der Waals surface area contributed by atoms with Gasteiger partial charge in [-0.1, -0.05) is 382 Å². The number of benzene rings is 20. The van der Waals surface area contributed by atoms with Gasteiger partial charge in [-0.05, 0) is 166 Å². The molecule has 612 valence electrons. The van der Waals surface area contributed by atoms with Crippen LogP contribution in [0.25, 0.3) is 98.8 Å². The van der Waals surface area contributed by atoms with Crippen LogP contribution in [0.3, 0.4) is 0 Å². The average Bonchev–Trinajstić information content (AvgIpc) is 0.761. The largest absolute Gasteiger partial charge is 0.456 e. The maximum absolute atomic E-state index is 15.2. The minimum Gasteiger partial charge on any atom is -0.456 e. The van der Waals surface area contributed by atoms with Gasteiger partial charge in [-0.2, -0.15) is 0 Å². The first kappa shape index (κ1) is 82.5. The van der Waals surface area contributed by atoms with Crippen LogP contribution < -0.4 is 46.4 Å². The molecule has 0 saturated carbocycles. The van der Waals surface area contributed by atoms with Crippen molar-refractivity contribution in [2.75, 3.05) is 15.9 Å². The van der Waals surface area contributed by atoms with Crippen LogP contribution in [0.2, 0.25) is 0 Å². The molecule has 128 heavy (non-hydrogen) atoms. The topological polar surface area (TPSA) is 59.7 Å². The molecule has 1 unspecified atom stereocenters. The Kier molecular flexibility index (Phi) is 24.3. The minimum atomic E-state index is -3.32. The summed E-state index contributed by atoms with van der Waals surface area (Å²) in [4.78, 5) is 4.69. The fourth-order valence-electron chi connectivity index (χ4n) is 17.6. The summed E-state index contributed by atoms with van der Waals surface area (Å²) in [6, 6.07) is 175. The number of anilines is 6. The highest BCUT2D eigenvalue weighted by Gasteiger charge is 2.36. The molecule has 20 aromatic carbocycles. The van der Waals surface area contributed by atoms with E-state index in [1.165, 1.54) is 98.8 Å². The van der Waals surface area contributed by atoms with Crippen LogP contribution in [0.4, 0.5) is 34.1 Å². The Morgan fingerprint density at radius 2 is 0.461 bits per heavy atom. The Labute approximate surface area is 750 Å². The van der Waals surface area contributed by atoms with E-state index in [9.17, 15) is 0 Å². The highest BCUT2D eigenvalue weighted by Crippen LogP contribution is 2.50. The zero-order valence-electron chi connectivity index (χ0n) is 70.3. The number of nitrogens with zero attached hydrogens (tertiary/aromatic N) is 4. The van der Waals surface area contributed by atoms with Gasteiger partial charge in [-0.15, -0.1) is 9.24 Å². The molecular formula is C117H88BN4O3P3. The second kappa shape index (κ2) is 37.7. The van der Waals surface area contributed by atoms with Gasteiger partial charge in [-0.25, -0.2) is 0 Å². The van der Waals surface area contributed by atoms with Crippen LogP contribution in [-0.4, -0.2) is 23.0 Å². The Morgan fingerprint density at radius 3 is 0.766 bits per heavy atom. The summed E-state index contributed by atoms with van der Waals surface area (Å²) in [5.41, 5.74) is 18.9. The van der Waals surface area contributed by atoms with E-state index in [2.05, 4.69) is 368 Å². The van der Waals surface area contributed by atoms with E-state index in [0.29, 0.717) is 28.2 Å². The monoisotopic (exact) mass is 1700 g/mol. The van der Waals surface area contributed by atoms with E-state index in [1.54, 1.807) is 0 Å². The van der Waals surface area contributed by atoms with Gasteiger partial charge < -0.3 is 32.8 Å². The molecule has 0 saturated heterocycles. The molecule has 0 aliphatic carbocycles. The second-order valence-corrected chi connectivity index (χ2v) is 37.0. The molecule has 22 aromatic rings. The Balaban J connectivity index is 0.000000123.